The molecule has 2 aromatic heterocycles. The average molecular weight is 253 g/mol. The summed E-state index contributed by atoms with van der Waals surface area (Å²) in [6, 6.07) is 0. The van der Waals surface area contributed by atoms with Crippen molar-refractivity contribution in [3.8, 4) is 5.95 Å². The molecule has 2 rings (SSSR count). The fourth-order valence-corrected chi connectivity index (χ4v) is 1.36. The zero-order chi connectivity index (χ0) is 12.3. The predicted octanol–water partition coefficient (Wildman–Crippen LogP) is 1.78. The zero-order valence-corrected chi connectivity index (χ0v) is 10.4. The van der Waals surface area contributed by atoms with Crippen LogP contribution in [0, 0.1) is 5.92 Å². The lowest BCUT2D eigenvalue weighted by Crippen LogP contribution is -2.12. The van der Waals surface area contributed by atoms with Crippen molar-refractivity contribution in [3.05, 3.63) is 24.0 Å². The van der Waals surface area contributed by atoms with Crippen molar-refractivity contribution in [2.45, 2.75) is 13.8 Å². The molecule has 6 nitrogen and oxygen atoms in total. The van der Waals surface area contributed by atoms with E-state index in [0.717, 1.165) is 6.54 Å². The van der Waals surface area contributed by atoms with E-state index < -0.39 is 0 Å². The summed E-state index contributed by atoms with van der Waals surface area (Å²) in [7, 11) is 0. The van der Waals surface area contributed by atoms with Crippen molar-refractivity contribution in [1.29, 1.82) is 0 Å². The first kappa shape index (κ1) is 11.8. The first-order chi connectivity index (χ1) is 8.15. The predicted molar refractivity (Wildman–Crippen MR) is 65.3 cm³/mol. The normalized spacial score (nSPS) is 10.8. The third-order valence-corrected chi connectivity index (χ3v) is 2.17. The van der Waals surface area contributed by atoms with Gasteiger partial charge in [-0.15, -0.1) is 0 Å². The number of anilines is 1. The van der Waals surface area contributed by atoms with Crippen LogP contribution in [0.15, 0.2) is 18.7 Å². The SMILES string of the molecule is CC(C)CNc1nc(Cl)nc(-n2ccnc2)n1. The van der Waals surface area contributed by atoms with Crippen LogP contribution in [0.4, 0.5) is 5.95 Å². The number of imidazole rings is 1. The average Bonchev–Trinajstić information content (AvgIpc) is 2.79. The molecule has 0 amide bonds. The van der Waals surface area contributed by atoms with Crippen molar-refractivity contribution in [2.75, 3.05) is 11.9 Å². The molecule has 7 heteroatoms. The lowest BCUT2D eigenvalue weighted by atomic mass is 10.2. The lowest BCUT2D eigenvalue weighted by Gasteiger charge is -2.08. The van der Waals surface area contributed by atoms with Crippen LogP contribution in [0.2, 0.25) is 5.28 Å². The van der Waals surface area contributed by atoms with Crippen LogP contribution < -0.4 is 5.32 Å². The molecule has 2 heterocycles. The van der Waals surface area contributed by atoms with Crippen LogP contribution >= 0.6 is 11.6 Å². The molecule has 0 aliphatic heterocycles. The third-order valence-electron chi connectivity index (χ3n) is 2.00. The Morgan fingerprint density at radius 2 is 2.18 bits per heavy atom. The summed E-state index contributed by atoms with van der Waals surface area (Å²) in [5.41, 5.74) is 0. The number of nitrogens with one attached hydrogen (secondary N) is 1. The highest BCUT2D eigenvalue weighted by atomic mass is 35.5. The molecular weight excluding hydrogens is 240 g/mol. The summed E-state index contributed by atoms with van der Waals surface area (Å²) in [4.78, 5) is 16.2. The molecule has 0 spiro atoms. The standard InChI is InChI=1S/C10H13ClN6/c1-7(2)5-13-9-14-8(11)15-10(16-9)17-4-3-12-6-17/h3-4,6-7H,5H2,1-2H3,(H,13,14,15,16). The van der Waals surface area contributed by atoms with Gasteiger partial charge in [-0.2, -0.15) is 15.0 Å². The van der Waals surface area contributed by atoms with Gasteiger partial charge in [0, 0.05) is 18.9 Å². The fraction of sp³-hybridized carbons (Fsp3) is 0.400. The van der Waals surface area contributed by atoms with Gasteiger partial charge in [-0.1, -0.05) is 13.8 Å². The molecule has 0 saturated heterocycles. The van der Waals surface area contributed by atoms with E-state index in [1.165, 1.54) is 0 Å². The Balaban J connectivity index is 2.24. The molecule has 90 valence electrons. The topological polar surface area (TPSA) is 68.5 Å². The van der Waals surface area contributed by atoms with Crippen molar-refractivity contribution < 1.29 is 0 Å². The van der Waals surface area contributed by atoms with Gasteiger partial charge in [-0.25, -0.2) is 4.98 Å². The molecule has 1 N–H and O–H groups in total. The molecule has 0 radical (unpaired) electrons. The van der Waals surface area contributed by atoms with E-state index in [9.17, 15) is 0 Å². The maximum Gasteiger partial charge on any atom is 0.241 e. The van der Waals surface area contributed by atoms with Crippen LogP contribution in [0.5, 0.6) is 0 Å². The summed E-state index contributed by atoms with van der Waals surface area (Å²) in [5, 5.41) is 3.27. The van der Waals surface area contributed by atoms with Gasteiger partial charge in [0.1, 0.15) is 6.33 Å². The highest BCUT2D eigenvalue weighted by Gasteiger charge is 2.06. The molecule has 0 saturated carbocycles. The van der Waals surface area contributed by atoms with Crippen LogP contribution in [0.3, 0.4) is 0 Å². The fourth-order valence-electron chi connectivity index (χ4n) is 1.21. The van der Waals surface area contributed by atoms with E-state index in [4.69, 9.17) is 11.6 Å². The number of hydrogen-bond acceptors (Lipinski definition) is 5. The Morgan fingerprint density at radius 3 is 2.82 bits per heavy atom. The first-order valence-electron chi connectivity index (χ1n) is 5.29. The van der Waals surface area contributed by atoms with Gasteiger partial charge >= 0.3 is 0 Å². The number of hydrogen-bond donors (Lipinski definition) is 1. The van der Waals surface area contributed by atoms with Gasteiger partial charge in [0.2, 0.25) is 17.2 Å². The minimum atomic E-state index is 0.162. The van der Waals surface area contributed by atoms with Gasteiger partial charge in [-0.3, -0.25) is 4.57 Å². The van der Waals surface area contributed by atoms with Gasteiger partial charge in [0.25, 0.3) is 0 Å². The molecule has 0 bridgehead atoms. The van der Waals surface area contributed by atoms with E-state index in [0.29, 0.717) is 17.8 Å². The monoisotopic (exact) mass is 252 g/mol. The van der Waals surface area contributed by atoms with Crippen LogP contribution in [0.25, 0.3) is 5.95 Å². The van der Waals surface area contributed by atoms with Gasteiger partial charge in [0.15, 0.2) is 0 Å². The minimum Gasteiger partial charge on any atom is -0.354 e. The lowest BCUT2D eigenvalue weighted by molar-refractivity contribution is 0.683. The number of aromatic nitrogens is 5. The van der Waals surface area contributed by atoms with Crippen molar-refractivity contribution in [1.82, 2.24) is 24.5 Å². The second kappa shape index (κ2) is 5.09. The summed E-state index contributed by atoms with van der Waals surface area (Å²) < 4.78 is 1.67. The molecule has 0 aliphatic rings. The maximum absolute atomic E-state index is 5.85. The largest absolute Gasteiger partial charge is 0.354 e. The minimum absolute atomic E-state index is 0.162. The zero-order valence-electron chi connectivity index (χ0n) is 9.63. The Kier molecular flexibility index (Phi) is 3.53. The van der Waals surface area contributed by atoms with Gasteiger partial charge < -0.3 is 5.32 Å². The summed E-state index contributed by atoms with van der Waals surface area (Å²) in [6.07, 6.45) is 5.01. The molecule has 0 aromatic carbocycles. The van der Waals surface area contributed by atoms with E-state index in [1.54, 1.807) is 23.3 Å². The molecule has 0 atom stereocenters. The molecule has 17 heavy (non-hydrogen) atoms. The van der Waals surface area contributed by atoms with Gasteiger partial charge in [-0.05, 0) is 17.5 Å². The van der Waals surface area contributed by atoms with E-state index >= 15 is 0 Å². The molecule has 0 fully saturated rings. The van der Waals surface area contributed by atoms with Crippen molar-refractivity contribution >= 4 is 17.5 Å². The Morgan fingerprint density at radius 1 is 1.35 bits per heavy atom. The van der Waals surface area contributed by atoms with Crippen LogP contribution in [0.1, 0.15) is 13.8 Å². The summed E-state index contributed by atoms with van der Waals surface area (Å²) in [6.45, 7) is 4.99. The molecular formula is C10H13ClN6. The summed E-state index contributed by atoms with van der Waals surface area (Å²) >= 11 is 5.85. The second-order valence-corrected chi connectivity index (χ2v) is 4.31. The quantitative estimate of drug-likeness (QED) is 0.898. The van der Waals surface area contributed by atoms with E-state index in [2.05, 4.69) is 39.1 Å². The Hall–Kier alpha value is -1.69. The maximum atomic E-state index is 5.85. The number of nitrogens with zero attached hydrogens (tertiary/aromatic N) is 5. The Bertz CT molecular complexity index is 482. The molecule has 0 unspecified atom stereocenters. The van der Waals surface area contributed by atoms with E-state index in [-0.39, 0.29) is 5.28 Å². The van der Waals surface area contributed by atoms with Gasteiger partial charge in [0.05, 0.1) is 0 Å². The summed E-state index contributed by atoms with van der Waals surface area (Å²) in [5.74, 6) is 1.43. The van der Waals surface area contributed by atoms with Crippen LogP contribution in [-0.2, 0) is 0 Å². The van der Waals surface area contributed by atoms with Crippen molar-refractivity contribution in [3.63, 3.8) is 0 Å². The highest BCUT2D eigenvalue weighted by Crippen LogP contribution is 2.09. The highest BCUT2D eigenvalue weighted by molar-refractivity contribution is 6.28. The molecule has 2 aromatic rings. The first-order valence-corrected chi connectivity index (χ1v) is 5.66. The van der Waals surface area contributed by atoms with Crippen LogP contribution in [-0.4, -0.2) is 31.0 Å². The third kappa shape index (κ3) is 3.13. The van der Waals surface area contributed by atoms with E-state index in [1.807, 2.05) is 0 Å². The number of rotatable bonds is 4. The Labute approximate surface area is 104 Å². The second-order valence-electron chi connectivity index (χ2n) is 3.97. The number of halogens is 1. The van der Waals surface area contributed by atoms with Crippen molar-refractivity contribution in [2.24, 2.45) is 5.92 Å². The smallest absolute Gasteiger partial charge is 0.241 e. The molecule has 0 aliphatic carbocycles.